The number of carbonyl (C=O) groups is 1. The van der Waals surface area contributed by atoms with Gasteiger partial charge in [0.15, 0.2) is 0 Å². The van der Waals surface area contributed by atoms with Gasteiger partial charge in [0.2, 0.25) is 10.0 Å². The first kappa shape index (κ1) is 18.3. The van der Waals surface area contributed by atoms with Crippen molar-refractivity contribution in [2.45, 2.75) is 19.6 Å². The lowest BCUT2D eigenvalue weighted by Gasteiger charge is -2.10. The van der Waals surface area contributed by atoms with Gasteiger partial charge in [-0.25, -0.2) is 13.2 Å². The van der Waals surface area contributed by atoms with Gasteiger partial charge in [-0.05, 0) is 37.6 Å². The first-order valence-electron chi connectivity index (χ1n) is 7.33. The molecule has 0 spiro atoms. The van der Waals surface area contributed by atoms with Crippen LogP contribution in [-0.4, -0.2) is 21.0 Å². The lowest BCUT2D eigenvalue weighted by atomic mass is 10.2. The number of ether oxygens (including phenoxy) is 1. The minimum atomic E-state index is -3.59. The van der Waals surface area contributed by atoms with Crippen LogP contribution in [0.1, 0.15) is 28.4 Å². The fourth-order valence-corrected chi connectivity index (χ4v) is 3.62. The molecule has 0 bridgehead atoms. The summed E-state index contributed by atoms with van der Waals surface area (Å²) in [5.41, 5.74) is 2.17. The van der Waals surface area contributed by atoms with Gasteiger partial charge < -0.3 is 4.74 Å². The molecular weight excluding hydrogens is 350 g/mol. The first-order valence-corrected chi connectivity index (χ1v) is 9.36. The highest BCUT2D eigenvalue weighted by Crippen LogP contribution is 2.23. The van der Waals surface area contributed by atoms with Crippen molar-refractivity contribution in [3.05, 3.63) is 64.2 Å². The van der Waals surface area contributed by atoms with E-state index in [4.69, 9.17) is 16.3 Å². The van der Waals surface area contributed by atoms with Crippen molar-refractivity contribution in [3.63, 3.8) is 0 Å². The molecule has 0 saturated carbocycles. The Bertz CT molecular complexity index is 849. The van der Waals surface area contributed by atoms with Crippen LogP contribution in [0.5, 0.6) is 0 Å². The summed E-state index contributed by atoms with van der Waals surface area (Å²) in [5, 5.41) is 0.129. The maximum absolute atomic E-state index is 12.3. The predicted molar refractivity (Wildman–Crippen MR) is 94.8 cm³/mol. The van der Waals surface area contributed by atoms with Crippen LogP contribution in [0.2, 0.25) is 5.02 Å². The highest BCUT2D eigenvalue weighted by atomic mass is 35.5. The zero-order valence-electron chi connectivity index (χ0n) is 13.4. The fourth-order valence-electron chi connectivity index (χ4n) is 2.19. The lowest BCUT2D eigenvalue weighted by Crippen LogP contribution is -2.15. The number of carbonyl (C=O) groups excluding carboxylic acids is 1. The molecule has 0 heterocycles. The van der Waals surface area contributed by atoms with Gasteiger partial charge >= 0.3 is 5.97 Å². The SMILES string of the molecule is CCOC(=O)c1ccc(NS(=O)(=O)Cc2cccc(C)c2)cc1Cl. The van der Waals surface area contributed by atoms with Crippen LogP contribution in [0.3, 0.4) is 0 Å². The number of halogens is 1. The average Bonchev–Trinajstić information content (AvgIpc) is 2.46. The smallest absolute Gasteiger partial charge is 0.339 e. The topological polar surface area (TPSA) is 72.5 Å². The second kappa shape index (κ2) is 7.68. The Morgan fingerprint density at radius 2 is 1.96 bits per heavy atom. The molecule has 0 atom stereocenters. The third kappa shape index (κ3) is 4.97. The Hall–Kier alpha value is -2.05. The molecule has 2 aromatic rings. The molecule has 0 aliphatic heterocycles. The quantitative estimate of drug-likeness (QED) is 0.789. The Labute approximate surface area is 146 Å². The molecule has 2 rings (SSSR count). The molecule has 128 valence electrons. The van der Waals surface area contributed by atoms with Gasteiger partial charge in [-0.3, -0.25) is 4.72 Å². The molecule has 0 fully saturated rings. The Balaban J connectivity index is 2.15. The number of sulfonamides is 1. The summed E-state index contributed by atoms with van der Waals surface area (Å²) in [6, 6.07) is 11.6. The van der Waals surface area contributed by atoms with Gasteiger partial charge in [-0.1, -0.05) is 41.4 Å². The number of nitrogens with one attached hydrogen (secondary N) is 1. The number of hydrogen-bond donors (Lipinski definition) is 1. The van der Waals surface area contributed by atoms with Crippen molar-refractivity contribution in [3.8, 4) is 0 Å². The van der Waals surface area contributed by atoms with Crippen molar-refractivity contribution in [2.24, 2.45) is 0 Å². The summed E-state index contributed by atoms with van der Waals surface area (Å²) in [6.45, 7) is 3.83. The molecule has 0 radical (unpaired) electrons. The van der Waals surface area contributed by atoms with Gasteiger partial charge in [-0.15, -0.1) is 0 Å². The van der Waals surface area contributed by atoms with Gasteiger partial charge in [0.25, 0.3) is 0 Å². The van der Waals surface area contributed by atoms with Crippen LogP contribution in [0.25, 0.3) is 0 Å². The monoisotopic (exact) mass is 367 g/mol. The van der Waals surface area contributed by atoms with Crippen LogP contribution in [0, 0.1) is 6.92 Å². The third-order valence-corrected chi connectivity index (χ3v) is 4.75. The molecule has 0 aliphatic carbocycles. The standard InChI is InChI=1S/C17H18ClNO4S/c1-3-23-17(20)15-8-7-14(10-16(15)18)19-24(21,22)11-13-6-4-5-12(2)9-13/h4-10,19H,3,11H2,1-2H3. The molecule has 1 N–H and O–H groups in total. The Morgan fingerprint density at radius 1 is 1.21 bits per heavy atom. The van der Waals surface area contributed by atoms with E-state index in [-0.39, 0.29) is 22.9 Å². The second-order valence-electron chi connectivity index (χ2n) is 5.27. The maximum atomic E-state index is 12.3. The van der Waals surface area contributed by atoms with Gasteiger partial charge in [0.05, 0.1) is 28.6 Å². The van der Waals surface area contributed by atoms with Crippen molar-refractivity contribution in [2.75, 3.05) is 11.3 Å². The highest BCUT2D eigenvalue weighted by molar-refractivity contribution is 7.91. The maximum Gasteiger partial charge on any atom is 0.339 e. The van der Waals surface area contributed by atoms with Gasteiger partial charge in [-0.2, -0.15) is 0 Å². The minimum absolute atomic E-state index is 0.129. The number of esters is 1. The molecule has 0 aromatic heterocycles. The summed E-state index contributed by atoms with van der Waals surface area (Å²) in [7, 11) is -3.59. The first-order chi connectivity index (χ1) is 11.3. The molecule has 0 aliphatic rings. The van der Waals surface area contributed by atoms with Crippen molar-refractivity contribution >= 4 is 33.3 Å². The normalized spacial score (nSPS) is 11.1. The average molecular weight is 368 g/mol. The van der Waals surface area contributed by atoms with E-state index in [1.165, 1.54) is 18.2 Å². The highest BCUT2D eigenvalue weighted by Gasteiger charge is 2.15. The summed E-state index contributed by atoms with van der Waals surface area (Å²) >= 11 is 6.03. The molecular formula is C17H18ClNO4S. The predicted octanol–water partition coefficient (Wildman–Crippen LogP) is 3.77. The van der Waals surface area contributed by atoms with Crippen LogP contribution in [-0.2, 0) is 20.5 Å². The number of anilines is 1. The summed E-state index contributed by atoms with van der Waals surface area (Å²) in [4.78, 5) is 11.7. The van der Waals surface area contributed by atoms with E-state index in [1.54, 1.807) is 13.0 Å². The van der Waals surface area contributed by atoms with E-state index in [2.05, 4.69) is 4.72 Å². The lowest BCUT2D eigenvalue weighted by molar-refractivity contribution is 0.0526. The summed E-state index contributed by atoms with van der Waals surface area (Å²) in [5.74, 6) is -0.692. The molecule has 24 heavy (non-hydrogen) atoms. The van der Waals surface area contributed by atoms with Crippen molar-refractivity contribution in [1.29, 1.82) is 0 Å². The summed E-state index contributed by atoms with van der Waals surface area (Å²) < 4.78 is 31.9. The van der Waals surface area contributed by atoms with E-state index in [0.717, 1.165) is 5.56 Å². The Kier molecular flexibility index (Phi) is 5.85. The van der Waals surface area contributed by atoms with Crippen LogP contribution in [0.4, 0.5) is 5.69 Å². The number of aryl methyl sites for hydroxylation is 1. The third-order valence-electron chi connectivity index (χ3n) is 3.18. The molecule has 0 unspecified atom stereocenters. The Morgan fingerprint density at radius 3 is 2.58 bits per heavy atom. The summed E-state index contributed by atoms with van der Waals surface area (Å²) in [6.07, 6.45) is 0. The molecule has 5 nitrogen and oxygen atoms in total. The van der Waals surface area contributed by atoms with Crippen molar-refractivity contribution in [1.82, 2.24) is 0 Å². The molecule has 2 aromatic carbocycles. The van der Waals surface area contributed by atoms with E-state index in [1.807, 2.05) is 25.1 Å². The van der Waals surface area contributed by atoms with Crippen molar-refractivity contribution < 1.29 is 17.9 Å². The molecule has 7 heteroatoms. The largest absolute Gasteiger partial charge is 0.462 e. The van der Waals surface area contributed by atoms with Crippen LogP contribution >= 0.6 is 11.6 Å². The van der Waals surface area contributed by atoms with Crippen LogP contribution in [0.15, 0.2) is 42.5 Å². The number of benzene rings is 2. The number of rotatable bonds is 6. The fraction of sp³-hybridized carbons (Fsp3) is 0.235. The second-order valence-corrected chi connectivity index (χ2v) is 7.39. The van der Waals surface area contributed by atoms with E-state index in [9.17, 15) is 13.2 Å². The van der Waals surface area contributed by atoms with Gasteiger partial charge in [0, 0.05) is 0 Å². The number of hydrogen-bond acceptors (Lipinski definition) is 4. The van der Waals surface area contributed by atoms with E-state index >= 15 is 0 Å². The molecule has 0 amide bonds. The molecule has 0 saturated heterocycles. The van der Waals surface area contributed by atoms with E-state index < -0.39 is 16.0 Å². The minimum Gasteiger partial charge on any atom is -0.462 e. The van der Waals surface area contributed by atoms with Crippen LogP contribution < -0.4 is 4.72 Å². The van der Waals surface area contributed by atoms with Gasteiger partial charge in [0.1, 0.15) is 0 Å². The zero-order chi connectivity index (χ0) is 17.7. The zero-order valence-corrected chi connectivity index (χ0v) is 14.9. The van der Waals surface area contributed by atoms with E-state index in [0.29, 0.717) is 11.3 Å².